The number of H-pyrrole nitrogens is 2. The molecule has 0 unspecified atom stereocenters. The van der Waals surface area contributed by atoms with Gasteiger partial charge in [-0.05, 0) is 48.7 Å². The number of rotatable bonds is 6. The second-order valence-electron chi connectivity index (χ2n) is 8.76. The van der Waals surface area contributed by atoms with E-state index < -0.39 is 0 Å². The highest BCUT2D eigenvalue weighted by atomic mass is 16.1. The summed E-state index contributed by atoms with van der Waals surface area (Å²) in [5.41, 5.74) is 6.37. The average Bonchev–Trinajstić information content (AvgIpc) is 3.47. The third-order valence-electron chi connectivity index (χ3n) is 5.79. The predicted molar refractivity (Wildman–Crippen MR) is 133 cm³/mol. The van der Waals surface area contributed by atoms with Crippen LogP contribution in [-0.2, 0) is 0 Å². The lowest BCUT2D eigenvalue weighted by molar-refractivity contribution is 0.0952. The number of imidazole rings is 2. The first-order chi connectivity index (χ1) is 16.5. The minimum Gasteiger partial charge on any atom is -0.352 e. The van der Waals surface area contributed by atoms with Crippen LogP contribution in [0.2, 0.25) is 0 Å². The maximum Gasteiger partial charge on any atom is 0.251 e. The zero-order valence-electron chi connectivity index (χ0n) is 19.0. The molecule has 7 nitrogen and oxygen atoms in total. The van der Waals surface area contributed by atoms with Crippen LogP contribution in [0, 0.1) is 17.2 Å². The van der Waals surface area contributed by atoms with Gasteiger partial charge in [0.15, 0.2) is 0 Å². The zero-order valence-corrected chi connectivity index (χ0v) is 19.0. The van der Waals surface area contributed by atoms with Gasteiger partial charge in [-0.2, -0.15) is 5.26 Å². The van der Waals surface area contributed by atoms with E-state index in [9.17, 15) is 4.79 Å². The maximum atomic E-state index is 12.4. The second kappa shape index (κ2) is 8.83. The summed E-state index contributed by atoms with van der Waals surface area (Å²) in [4.78, 5) is 28.4. The summed E-state index contributed by atoms with van der Waals surface area (Å²) >= 11 is 0. The number of nitrogens with one attached hydrogen (secondary N) is 3. The number of carbonyl (C=O) groups excluding carboxylic acids is 1. The smallest absolute Gasteiger partial charge is 0.251 e. The van der Waals surface area contributed by atoms with Gasteiger partial charge in [0.25, 0.3) is 5.91 Å². The Morgan fingerprint density at radius 1 is 0.912 bits per heavy atom. The molecule has 7 heteroatoms. The van der Waals surface area contributed by atoms with Crippen molar-refractivity contribution in [2.24, 2.45) is 5.92 Å². The van der Waals surface area contributed by atoms with Crippen LogP contribution in [0.25, 0.3) is 44.8 Å². The van der Waals surface area contributed by atoms with Gasteiger partial charge in [0.05, 0.1) is 33.7 Å². The number of fused-ring (bicyclic) bond motifs is 2. The minimum atomic E-state index is -0.0734. The molecule has 0 bridgehead atoms. The third kappa shape index (κ3) is 4.26. The Balaban J connectivity index is 1.36. The van der Waals surface area contributed by atoms with Crippen molar-refractivity contribution in [2.75, 3.05) is 6.54 Å². The summed E-state index contributed by atoms with van der Waals surface area (Å²) in [6.45, 7) is 4.94. The summed E-state index contributed by atoms with van der Waals surface area (Å²) in [6.07, 6.45) is 0.952. The lowest BCUT2D eigenvalue weighted by atomic mass is 10.1. The average molecular weight is 449 g/mol. The summed E-state index contributed by atoms with van der Waals surface area (Å²) in [5.74, 6) is 1.96. The number of hydrogen-bond donors (Lipinski definition) is 3. The van der Waals surface area contributed by atoms with E-state index in [1.54, 1.807) is 18.2 Å². The van der Waals surface area contributed by atoms with E-state index in [0.29, 0.717) is 23.6 Å². The molecule has 0 spiro atoms. The molecule has 5 aromatic rings. The summed E-state index contributed by atoms with van der Waals surface area (Å²) in [5, 5.41) is 12.1. The summed E-state index contributed by atoms with van der Waals surface area (Å²) < 4.78 is 0. The quantitative estimate of drug-likeness (QED) is 0.322. The molecule has 0 fully saturated rings. The highest BCUT2D eigenvalue weighted by molar-refractivity contribution is 5.97. The van der Waals surface area contributed by atoms with Gasteiger partial charge in [-0.15, -0.1) is 0 Å². The van der Waals surface area contributed by atoms with Crippen LogP contribution in [0.15, 0.2) is 60.7 Å². The van der Waals surface area contributed by atoms with Crippen LogP contribution in [0.3, 0.4) is 0 Å². The van der Waals surface area contributed by atoms with E-state index in [1.165, 1.54) is 0 Å². The van der Waals surface area contributed by atoms with Crippen molar-refractivity contribution in [1.29, 1.82) is 5.26 Å². The molecule has 3 N–H and O–H groups in total. The van der Waals surface area contributed by atoms with Crippen molar-refractivity contribution in [3.63, 3.8) is 0 Å². The molecule has 168 valence electrons. The number of amides is 1. The van der Waals surface area contributed by atoms with Crippen LogP contribution in [0.4, 0.5) is 0 Å². The van der Waals surface area contributed by atoms with Gasteiger partial charge >= 0.3 is 0 Å². The first-order valence-electron chi connectivity index (χ1n) is 11.3. The van der Waals surface area contributed by atoms with Crippen LogP contribution < -0.4 is 5.32 Å². The van der Waals surface area contributed by atoms with Gasteiger partial charge in [-0.1, -0.05) is 38.1 Å². The highest BCUT2D eigenvalue weighted by Gasteiger charge is 2.11. The number of nitriles is 1. The lowest BCUT2D eigenvalue weighted by Crippen LogP contribution is -2.25. The van der Waals surface area contributed by atoms with Gasteiger partial charge < -0.3 is 15.3 Å². The van der Waals surface area contributed by atoms with E-state index in [2.05, 4.69) is 45.2 Å². The number of hydrogen-bond acceptors (Lipinski definition) is 4. The Kier molecular flexibility index (Phi) is 5.56. The fraction of sp³-hybridized carbons (Fsp3) is 0.185. The highest BCUT2D eigenvalue weighted by Crippen LogP contribution is 2.26. The van der Waals surface area contributed by atoms with E-state index in [-0.39, 0.29) is 5.91 Å². The Bertz CT molecular complexity index is 1540. The second-order valence-corrected chi connectivity index (χ2v) is 8.76. The van der Waals surface area contributed by atoms with Gasteiger partial charge in [0, 0.05) is 23.2 Å². The Morgan fingerprint density at radius 3 is 2.09 bits per heavy atom. The molecule has 2 aromatic heterocycles. The number of aromatic nitrogens is 4. The molecular weight excluding hydrogens is 424 g/mol. The zero-order chi connectivity index (χ0) is 23.7. The van der Waals surface area contributed by atoms with Crippen molar-refractivity contribution in [1.82, 2.24) is 25.3 Å². The van der Waals surface area contributed by atoms with Crippen LogP contribution >= 0.6 is 0 Å². The molecule has 5 rings (SSSR count). The Hall–Kier alpha value is -4.44. The first-order valence-corrected chi connectivity index (χ1v) is 11.3. The first kappa shape index (κ1) is 21.4. The molecular formula is C27H24N6O. The SMILES string of the molecule is CC(C)CCNC(=O)c1ccc2nc(-c3ccc(-c4nc5ccc(C#N)cc5[nH]4)cc3)[nH]c2c1. The maximum absolute atomic E-state index is 12.4. The molecule has 0 saturated heterocycles. The van der Waals surface area contributed by atoms with E-state index in [0.717, 1.165) is 51.3 Å². The molecule has 34 heavy (non-hydrogen) atoms. The van der Waals surface area contributed by atoms with Crippen molar-refractivity contribution in [3.05, 3.63) is 71.8 Å². The van der Waals surface area contributed by atoms with Gasteiger partial charge in [0.2, 0.25) is 0 Å². The number of nitrogens with zero attached hydrogens (tertiary/aromatic N) is 3. The largest absolute Gasteiger partial charge is 0.352 e. The van der Waals surface area contributed by atoms with Crippen molar-refractivity contribution < 1.29 is 4.79 Å². The lowest BCUT2D eigenvalue weighted by Gasteiger charge is -2.07. The van der Waals surface area contributed by atoms with Gasteiger partial charge in [-0.25, -0.2) is 9.97 Å². The van der Waals surface area contributed by atoms with E-state index in [1.807, 2.05) is 42.5 Å². The molecule has 0 radical (unpaired) electrons. The molecule has 0 aliphatic rings. The normalized spacial score (nSPS) is 11.2. The summed E-state index contributed by atoms with van der Waals surface area (Å²) in [7, 11) is 0. The topological polar surface area (TPSA) is 110 Å². The van der Waals surface area contributed by atoms with Crippen LogP contribution in [0.5, 0.6) is 0 Å². The standard InChI is InChI=1S/C27H24N6O/c1-16(2)11-12-29-27(34)20-8-10-22-24(14-20)33-26(31-22)19-6-4-18(5-7-19)25-30-21-9-3-17(15-28)13-23(21)32-25/h3-10,13-14,16H,11-12H2,1-2H3,(H,29,34)(H,30,32)(H,31,33). The molecule has 1 amide bonds. The van der Waals surface area contributed by atoms with Crippen molar-refractivity contribution in [2.45, 2.75) is 20.3 Å². The molecule has 2 heterocycles. The molecule has 0 atom stereocenters. The number of carbonyl (C=O) groups is 1. The van der Waals surface area contributed by atoms with Gasteiger partial charge in [-0.3, -0.25) is 4.79 Å². The van der Waals surface area contributed by atoms with E-state index >= 15 is 0 Å². The van der Waals surface area contributed by atoms with Gasteiger partial charge in [0.1, 0.15) is 11.6 Å². The Labute approximate surface area is 196 Å². The molecule has 0 aliphatic carbocycles. The minimum absolute atomic E-state index is 0.0734. The van der Waals surface area contributed by atoms with E-state index in [4.69, 9.17) is 5.26 Å². The fourth-order valence-electron chi connectivity index (χ4n) is 3.87. The van der Waals surface area contributed by atoms with Crippen molar-refractivity contribution in [3.8, 4) is 28.8 Å². The monoisotopic (exact) mass is 448 g/mol. The van der Waals surface area contributed by atoms with Crippen LogP contribution in [0.1, 0.15) is 36.2 Å². The Morgan fingerprint density at radius 2 is 1.50 bits per heavy atom. The van der Waals surface area contributed by atoms with Crippen LogP contribution in [-0.4, -0.2) is 32.4 Å². The summed E-state index contributed by atoms with van der Waals surface area (Å²) in [6, 6.07) is 21.0. The number of benzene rings is 3. The third-order valence-corrected chi connectivity index (χ3v) is 5.79. The predicted octanol–water partition coefficient (Wildman–Crippen LogP) is 5.42. The molecule has 3 aromatic carbocycles. The fourth-order valence-corrected chi connectivity index (χ4v) is 3.87. The molecule has 0 aliphatic heterocycles. The number of aromatic amines is 2. The van der Waals surface area contributed by atoms with Crippen molar-refractivity contribution >= 4 is 28.0 Å². The molecule has 0 saturated carbocycles.